The van der Waals surface area contributed by atoms with Crippen LogP contribution in [0.3, 0.4) is 0 Å². The topological polar surface area (TPSA) is 66.9 Å². The van der Waals surface area contributed by atoms with Crippen LogP contribution in [0.2, 0.25) is 10.0 Å². The monoisotopic (exact) mass is 392 g/mol. The normalized spacial score (nSPS) is 10.5. The Morgan fingerprint density at radius 3 is 2.76 bits per heavy atom. The molecule has 0 aliphatic heterocycles. The number of hydrogen-bond acceptors (Lipinski definition) is 5. The van der Waals surface area contributed by atoms with Gasteiger partial charge in [0.25, 0.3) is 0 Å². The molecule has 128 valence electrons. The van der Waals surface area contributed by atoms with Crippen molar-refractivity contribution in [3.63, 3.8) is 0 Å². The number of thiazole rings is 1. The number of aromatic nitrogens is 2. The molecular formula is C17H14Cl2N4OS. The van der Waals surface area contributed by atoms with Crippen molar-refractivity contribution in [2.75, 3.05) is 10.6 Å². The summed E-state index contributed by atoms with van der Waals surface area (Å²) in [6.45, 7) is 1.92. The Bertz CT molecular complexity index is 913. The summed E-state index contributed by atoms with van der Waals surface area (Å²) in [4.78, 5) is 20.9. The van der Waals surface area contributed by atoms with Crippen LogP contribution < -0.4 is 10.6 Å². The van der Waals surface area contributed by atoms with Crippen molar-refractivity contribution < 1.29 is 4.79 Å². The summed E-state index contributed by atoms with van der Waals surface area (Å²) >= 11 is 13.2. The van der Waals surface area contributed by atoms with E-state index in [4.69, 9.17) is 23.2 Å². The van der Waals surface area contributed by atoms with Gasteiger partial charge < -0.3 is 10.6 Å². The maximum absolute atomic E-state index is 12.1. The molecule has 8 heteroatoms. The number of hydrogen-bond donors (Lipinski definition) is 2. The molecule has 2 heterocycles. The van der Waals surface area contributed by atoms with Crippen molar-refractivity contribution in [2.24, 2.45) is 0 Å². The molecule has 5 nitrogen and oxygen atoms in total. The number of rotatable bonds is 5. The van der Waals surface area contributed by atoms with E-state index in [1.165, 1.54) is 11.3 Å². The van der Waals surface area contributed by atoms with Crippen molar-refractivity contribution in [2.45, 2.75) is 13.3 Å². The number of nitrogens with one attached hydrogen (secondary N) is 2. The fraction of sp³-hybridized carbons (Fsp3) is 0.118. The number of nitrogens with zero attached hydrogens (tertiary/aromatic N) is 2. The molecule has 25 heavy (non-hydrogen) atoms. The lowest BCUT2D eigenvalue weighted by Gasteiger charge is -2.05. The average Bonchev–Trinajstić information content (AvgIpc) is 2.98. The minimum Gasteiger partial charge on any atom is -0.326 e. The lowest BCUT2D eigenvalue weighted by Crippen LogP contribution is -2.14. The maximum Gasteiger partial charge on any atom is 0.230 e. The van der Waals surface area contributed by atoms with Gasteiger partial charge in [0, 0.05) is 16.8 Å². The second-order valence-electron chi connectivity index (χ2n) is 5.29. The smallest absolute Gasteiger partial charge is 0.230 e. The zero-order valence-electron chi connectivity index (χ0n) is 13.2. The van der Waals surface area contributed by atoms with Crippen LogP contribution in [0.4, 0.5) is 16.6 Å². The molecule has 1 amide bonds. The number of aryl methyl sites for hydroxylation is 1. The van der Waals surface area contributed by atoms with E-state index in [2.05, 4.69) is 20.6 Å². The molecule has 1 aromatic carbocycles. The second-order valence-corrected chi connectivity index (χ2v) is 6.96. The molecule has 2 aromatic heterocycles. The van der Waals surface area contributed by atoms with Crippen LogP contribution in [-0.2, 0) is 11.2 Å². The van der Waals surface area contributed by atoms with E-state index >= 15 is 0 Å². The van der Waals surface area contributed by atoms with Gasteiger partial charge in [-0.05, 0) is 37.3 Å². The number of pyridine rings is 1. The standard InChI is InChI=1S/C17H14Cl2N4OS/c1-10-3-2-4-15(20-10)23-17-22-12(9-25-17)8-16(24)21-11-5-6-13(18)14(19)7-11/h2-7,9H,8H2,1H3,(H,21,24)(H,20,22,23). The molecule has 3 aromatic rings. The number of anilines is 3. The van der Waals surface area contributed by atoms with Crippen LogP contribution in [0.15, 0.2) is 41.8 Å². The molecule has 0 unspecified atom stereocenters. The molecule has 2 N–H and O–H groups in total. The molecule has 0 fully saturated rings. The van der Waals surface area contributed by atoms with Gasteiger partial charge in [0.05, 0.1) is 22.2 Å². The predicted molar refractivity (Wildman–Crippen MR) is 103 cm³/mol. The third-order valence-electron chi connectivity index (χ3n) is 3.22. The fourth-order valence-corrected chi connectivity index (χ4v) is 3.13. The summed E-state index contributed by atoms with van der Waals surface area (Å²) in [5.74, 6) is 0.546. The van der Waals surface area contributed by atoms with E-state index in [9.17, 15) is 4.79 Å². The third-order valence-corrected chi connectivity index (χ3v) is 4.77. The number of benzene rings is 1. The first kappa shape index (κ1) is 17.7. The Balaban J connectivity index is 1.60. The van der Waals surface area contributed by atoms with Gasteiger partial charge in [-0.25, -0.2) is 9.97 Å². The van der Waals surface area contributed by atoms with Gasteiger partial charge in [0.15, 0.2) is 5.13 Å². The lowest BCUT2D eigenvalue weighted by molar-refractivity contribution is -0.115. The first-order valence-corrected chi connectivity index (χ1v) is 9.03. The molecule has 0 radical (unpaired) electrons. The Kier molecular flexibility index (Phi) is 5.53. The van der Waals surface area contributed by atoms with E-state index in [0.29, 0.717) is 26.6 Å². The molecule has 0 saturated carbocycles. The molecule has 0 aliphatic carbocycles. The minimum atomic E-state index is -0.177. The number of carbonyl (C=O) groups excluding carboxylic acids is 1. The Hall–Kier alpha value is -2.15. The molecule has 0 atom stereocenters. The molecule has 0 spiro atoms. The van der Waals surface area contributed by atoms with E-state index in [1.54, 1.807) is 18.2 Å². The van der Waals surface area contributed by atoms with Crippen LogP contribution in [0.25, 0.3) is 0 Å². The summed E-state index contributed by atoms with van der Waals surface area (Å²) in [7, 11) is 0. The van der Waals surface area contributed by atoms with Gasteiger partial charge >= 0.3 is 0 Å². The van der Waals surface area contributed by atoms with E-state index in [1.807, 2.05) is 30.5 Å². The first-order valence-electron chi connectivity index (χ1n) is 7.39. The van der Waals surface area contributed by atoms with Gasteiger partial charge in [0.1, 0.15) is 5.82 Å². The quantitative estimate of drug-likeness (QED) is 0.635. The highest BCUT2D eigenvalue weighted by Crippen LogP contribution is 2.25. The van der Waals surface area contributed by atoms with Gasteiger partial charge in [-0.3, -0.25) is 4.79 Å². The van der Waals surface area contributed by atoms with Crippen molar-refractivity contribution in [1.82, 2.24) is 9.97 Å². The van der Waals surface area contributed by atoms with Crippen LogP contribution in [0, 0.1) is 6.92 Å². The van der Waals surface area contributed by atoms with Crippen LogP contribution in [-0.4, -0.2) is 15.9 Å². The summed E-state index contributed by atoms with van der Waals surface area (Å²) in [6, 6.07) is 10.7. The molecular weight excluding hydrogens is 379 g/mol. The van der Waals surface area contributed by atoms with E-state index < -0.39 is 0 Å². The predicted octanol–water partition coefficient (Wildman–Crippen LogP) is 5.08. The lowest BCUT2D eigenvalue weighted by atomic mass is 10.3. The van der Waals surface area contributed by atoms with Crippen LogP contribution >= 0.6 is 34.5 Å². The largest absolute Gasteiger partial charge is 0.326 e. The molecule has 3 rings (SSSR count). The third kappa shape index (κ3) is 4.92. The van der Waals surface area contributed by atoms with Crippen molar-refractivity contribution in [3.8, 4) is 0 Å². The van der Waals surface area contributed by atoms with Gasteiger partial charge in [-0.2, -0.15) is 0 Å². The van der Waals surface area contributed by atoms with E-state index in [-0.39, 0.29) is 12.3 Å². The second kappa shape index (κ2) is 7.82. The summed E-state index contributed by atoms with van der Waals surface area (Å²) < 4.78 is 0. The van der Waals surface area contributed by atoms with E-state index in [0.717, 1.165) is 11.5 Å². The molecule has 0 bridgehead atoms. The highest BCUT2D eigenvalue weighted by atomic mass is 35.5. The Labute approximate surface area is 159 Å². The average molecular weight is 393 g/mol. The number of amides is 1. The van der Waals surface area contributed by atoms with Gasteiger partial charge in [-0.15, -0.1) is 11.3 Å². The fourth-order valence-electron chi connectivity index (χ4n) is 2.11. The van der Waals surface area contributed by atoms with Crippen LogP contribution in [0.1, 0.15) is 11.4 Å². The SMILES string of the molecule is Cc1cccc(Nc2nc(CC(=O)Nc3ccc(Cl)c(Cl)c3)cs2)n1. The maximum atomic E-state index is 12.1. The van der Waals surface area contributed by atoms with Gasteiger partial charge in [-0.1, -0.05) is 29.3 Å². The molecule has 0 aliphatic rings. The highest BCUT2D eigenvalue weighted by Gasteiger charge is 2.10. The Morgan fingerprint density at radius 1 is 1.16 bits per heavy atom. The zero-order chi connectivity index (χ0) is 17.8. The minimum absolute atomic E-state index is 0.166. The summed E-state index contributed by atoms with van der Waals surface area (Å²) in [5.41, 5.74) is 2.19. The van der Waals surface area contributed by atoms with Crippen molar-refractivity contribution >= 4 is 57.1 Å². The van der Waals surface area contributed by atoms with Crippen molar-refractivity contribution in [3.05, 3.63) is 63.2 Å². The summed E-state index contributed by atoms with van der Waals surface area (Å²) in [5, 5.41) is 9.28. The first-order chi connectivity index (χ1) is 12.0. The summed E-state index contributed by atoms with van der Waals surface area (Å²) in [6.07, 6.45) is 0.166. The highest BCUT2D eigenvalue weighted by molar-refractivity contribution is 7.13. The van der Waals surface area contributed by atoms with Crippen molar-refractivity contribution in [1.29, 1.82) is 0 Å². The zero-order valence-corrected chi connectivity index (χ0v) is 15.5. The number of halogens is 2. The Morgan fingerprint density at radius 2 is 2.00 bits per heavy atom. The molecule has 0 saturated heterocycles. The number of carbonyl (C=O) groups is 1. The van der Waals surface area contributed by atoms with Crippen LogP contribution in [0.5, 0.6) is 0 Å². The van der Waals surface area contributed by atoms with Gasteiger partial charge in [0.2, 0.25) is 5.91 Å².